The maximum atomic E-state index is 12.0. The Bertz CT molecular complexity index is 312. The highest BCUT2D eigenvalue weighted by Crippen LogP contribution is 2.29. The second kappa shape index (κ2) is 7.38. The van der Waals surface area contributed by atoms with Gasteiger partial charge in [0.15, 0.2) is 0 Å². The van der Waals surface area contributed by atoms with Gasteiger partial charge in [0, 0.05) is 52.7 Å². The van der Waals surface area contributed by atoms with Crippen molar-refractivity contribution in [2.45, 2.75) is 31.8 Å². The summed E-state index contributed by atoms with van der Waals surface area (Å²) in [6, 6.07) is 0. The van der Waals surface area contributed by atoms with Gasteiger partial charge < -0.3 is 14.9 Å². The molecule has 0 spiro atoms. The van der Waals surface area contributed by atoms with E-state index in [1.54, 1.807) is 4.90 Å². The summed E-state index contributed by atoms with van der Waals surface area (Å²) in [5.41, 5.74) is 0. The lowest BCUT2D eigenvalue weighted by Crippen LogP contribution is -2.49. The summed E-state index contributed by atoms with van der Waals surface area (Å²) in [4.78, 5) is 18.3. The van der Waals surface area contributed by atoms with Crippen LogP contribution in [0.15, 0.2) is 0 Å². The van der Waals surface area contributed by atoms with Crippen LogP contribution in [0.3, 0.4) is 0 Å². The molecule has 1 saturated heterocycles. The lowest BCUT2D eigenvalue weighted by atomic mass is 9.83. The number of carbonyl (C=O) groups is 1. The number of likely N-dealkylation sites (N-methyl/N-ethyl adjacent to an activating group) is 2. The van der Waals surface area contributed by atoms with Crippen LogP contribution < -0.4 is 0 Å². The number of rotatable bonds is 6. The minimum absolute atomic E-state index is 0.187. The van der Waals surface area contributed by atoms with Gasteiger partial charge in [-0.1, -0.05) is 6.42 Å². The Morgan fingerprint density at radius 3 is 2.50 bits per heavy atom. The van der Waals surface area contributed by atoms with Crippen LogP contribution in [0, 0.1) is 5.92 Å². The Morgan fingerprint density at radius 2 is 1.95 bits per heavy atom. The predicted octanol–water partition coefficient (Wildman–Crippen LogP) is 0.243. The number of amides is 1. The van der Waals surface area contributed by atoms with Crippen molar-refractivity contribution in [3.8, 4) is 0 Å². The molecular weight excluding hydrogens is 254 g/mol. The topological polar surface area (TPSA) is 47.0 Å². The minimum Gasteiger partial charge on any atom is -0.390 e. The molecule has 1 unspecified atom stereocenters. The van der Waals surface area contributed by atoms with Crippen LogP contribution in [-0.2, 0) is 4.79 Å². The third-order valence-electron chi connectivity index (χ3n) is 4.66. The number of nitrogens with zero attached hydrogens (tertiary/aromatic N) is 3. The first-order chi connectivity index (χ1) is 9.54. The van der Waals surface area contributed by atoms with Gasteiger partial charge in [0.1, 0.15) is 0 Å². The number of β-amino-alcohol motifs (C(OH)–C–C–N with tert-alkyl or cyclic N) is 1. The van der Waals surface area contributed by atoms with E-state index in [2.05, 4.69) is 16.8 Å². The third-order valence-corrected chi connectivity index (χ3v) is 4.66. The van der Waals surface area contributed by atoms with Gasteiger partial charge in [0.2, 0.25) is 5.91 Å². The lowest BCUT2D eigenvalue weighted by Gasteiger charge is -2.34. The number of hydrogen-bond donors (Lipinski definition) is 1. The smallest absolute Gasteiger partial charge is 0.222 e. The molecule has 1 heterocycles. The molecule has 20 heavy (non-hydrogen) atoms. The molecule has 0 bridgehead atoms. The van der Waals surface area contributed by atoms with E-state index in [4.69, 9.17) is 0 Å². The molecule has 2 rings (SSSR count). The average molecular weight is 283 g/mol. The molecule has 1 N–H and O–H groups in total. The van der Waals surface area contributed by atoms with Gasteiger partial charge in [-0.15, -0.1) is 0 Å². The fourth-order valence-corrected chi connectivity index (χ4v) is 2.90. The van der Waals surface area contributed by atoms with Crippen molar-refractivity contribution in [3.63, 3.8) is 0 Å². The molecule has 1 atom stereocenters. The van der Waals surface area contributed by atoms with Crippen LogP contribution in [0.1, 0.15) is 25.7 Å². The van der Waals surface area contributed by atoms with Crippen molar-refractivity contribution in [1.82, 2.24) is 14.7 Å². The van der Waals surface area contributed by atoms with Crippen LogP contribution in [0.4, 0.5) is 0 Å². The first-order valence-corrected chi connectivity index (χ1v) is 7.87. The molecule has 1 aliphatic carbocycles. The number of hydrogen-bond acceptors (Lipinski definition) is 4. The highest BCUT2D eigenvalue weighted by molar-refractivity contribution is 5.76. The van der Waals surface area contributed by atoms with Crippen LogP contribution in [0.5, 0.6) is 0 Å². The van der Waals surface area contributed by atoms with Crippen molar-refractivity contribution < 1.29 is 9.90 Å². The number of carbonyl (C=O) groups excluding carboxylic acids is 1. The van der Waals surface area contributed by atoms with Crippen LogP contribution in [-0.4, -0.2) is 85.2 Å². The van der Waals surface area contributed by atoms with Crippen LogP contribution >= 0.6 is 0 Å². The molecule has 5 heteroatoms. The Hall–Kier alpha value is -0.650. The highest BCUT2D eigenvalue weighted by Gasteiger charge is 2.24. The monoisotopic (exact) mass is 283 g/mol. The number of aliphatic hydroxyl groups excluding tert-OH is 1. The Labute approximate surface area is 122 Å². The van der Waals surface area contributed by atoms with Crippen molar-refractivity contribution in [1.29, 1.82) is 0 Å². The SMILES string of the molecule is CN1CCN(CC(O)CN(C)C(=O)CC2CCC2)CC1. The van der Waals surface area contributed by atoms with Gasteiger partial charge in [-0.3, -0.25) is 9.69 Å². The quantitative estimate of drug-likeness (QED) is 0.759. The minimum atomic E-state index is -0.436. The summed E-state index contributed by atoms with van der Waals surface area (Å²) in [6.07, 6.45) is 3.90. The maximum absolute atomic E-state index is 12.0. The van der Waals surface area contributed by atoms with Crippen molar-refractivity contribution in [2.75, 3.05) is 53.4 Å². The van der Waals surface area contributed by atoms with Gasteiger partial charge in [-0.25, -0.2) is 0 Å². The summed E-state index contributed by atoms with van der Waals surface area (Å²) >= 11 is 0. The number of aliphatic hydroxyl groups is 1. The number of piperazine rings is 1. The standard InChI is InChI=1S/C15H29N3O2/c1-16-6-8-18(9-7-16)12-14(19)11-17(2)15(20)10-13-4-3-5-13/h13-14,19H,3-12H2,1-2H3. The van der Waals surface area contributed by atoms with Crippen molar-refractivity contribution in [3.05, 3.63) is 0 Å². The van der Waals surface area contributed by atoms with E-state index in [0.717, 1.165) is 26.2 Å². The molecule has 1 saturated carbocycles. The fourth-order valence-electron chi connectivity index (χ4n) is 2.90. The van der Waals surface area contributed by atoms with Crippen molar-refractivity contribution in [2.24, 2.45) is 5.92 Å². The van der Waals surface area contributed by atoms with E-state index < -0.39 is 6.10 Å². The first kappa shape index (κ1) is 15.7. The van der Waals surface area contributed by atoms with Crippen LogP contribution in [0.2, 0.25) is 0 Å². The summed E-state index contributed by atoms with van der Waals surface area (Å²) in [5, 5.41) is 10.1. The zero-order chi connectivity index (χ0) is 14.5. The molecule has 0 radical (unpaired) electrons. The van der Waals surface area contributed by atoms with Gasteiger partial charge >= 0.3 is 0 Å². The molecule has 2 aliphatic rings. The summed E-state index contributed by atoms with van der Waals surface area (Å²) < 4.78 is 0. The molecule has 116 valence electrons. The molecule has 2 fully saturated rings. The van der Waals surface area contributed by atoms with E-state index in [-0.39, 0.29) is 5.91 Å². The Kier molecular flexibility index (Phi) is 5.81. The van der Waals surface area contributed by atoms with Crippen molar-refractivity contribution >= 4 is 5.91 Å². The lowest BCUT2D eigenvalue weighted by molar-refractivity contribution is -0.133. The highest BCUT2D eigenvalue weighted by atomic mass is 16.3. The fraction of sp³-hybridized carbons (Fsp3) is 0.933. The predicted molar refractivity (Wildman–Crippen MR) is 79.5 cm³/mol. The second-order valence-electron chi connectivity index (χ2n) is 6.53. The summed E-state index contributed by atoms with van der Waals surface area (Å²) in [5.74, 6) is 0.784. The Morgan fingerprint density at radius 1 is 1.30 bits per heavy atom. The molecular formula is C15H29N3O2. The first-order valence-electron chi connectivity index (χ1n) is 7.87. The van der Waals surface area contributed by atoms with E-state index in [9.17, 15) is 9.90 Å². The van der Waals surface area contributed by atoms with Gasteiger partial charge in [-0.2, -0.15) is 0 Å². The zero-order valence-electron chi connectivity index (χ0n) is 12.9. The van der Waals surface area contributed by atoms with E-state index in [1.807, 2.05) is 7.05 Å². The van der Waals surface area contributed by atoms with Crippen LogP contribution in [0.25, 0.3) is 0 Å². The largest absolute Gasteiger partial charge is 0.390 e. The zero-order valence-corrected chi connectivity index (χ0v) is 12.9. The second-order valence-corrected chi connectivity index (χ2v) is 6.53. The van der Waals surface area contributed by atoms with E-state index in [0.29, 0.717) is 25.4 Å². The normalized spacial score (nSPS) is 23.4. The van der Waals surface area contributed by atoms with Gasteiger partial charge in [-0.05, 0) is 25.8 Å². The molecule has 5 nitrogen and oxygen atoms in total. The molecule has 1 amide bonds. The Balaban J connectivity index is 1.64. The molecule has 0 aromatic rings. The summed E-state index contributed by atoms with van der Waals surface area (Å²) in [6.45, 7) is 5.26. The van der Waals surface area contributed by atoms with Gasteiger partial charge in [0.05, 0.1) is 6.10 Å². The summed E-state index contributed by atoms with van der Waals surface area (Å²) in [7, 11) is 3.94. The van der Waals surface area contributed by atoms with E-state index >= 15 is 0 Å². The van der Waals surface area contributed by atoms with E-state index in [1.165, 1.54) is 19.3 Å². The third kappa shape index (κ3) is 4.72. The van der Waals surface area contributed by atoms with Gasteiger partial charge in [0.25, 0.3) is 0 Å². The molecule has 0 aromatic heterocycles. The molecule has 1 aliphatic heterocycles. The maximum Gasteiger partial charge on any atom is 0.222 e. The average Bonchev–Trinajstić information content (AvgIpc) is 2.36. The molecule has 0 aromatic carbocycles.